The van der Waals surface area contributed by atoms with Crippen molar-refractivity contribution in [2.75, 3.05) is 20.2 Å². The maximum Gasteiger partial charge on any atom is 0.314 e. The second kappa shape index (κ2) is 5.55. The molecule has 21 heavy (non-hydrogen) atoms. The van der Waals surface area contributed by atoms with Crippen LogP contribution >= 0.6 is 0 Å². The Bertz CT molecular complexity index is 638. The zero-order valence-electron chi connectivity index (χ0n) is 12.2. The lowest BCUT2D eigenvalue weighted by Crippen LogP contribution is -2.34. The van der Waals surface area contributed by atoms with Crippen LogP contribution in [0.25, 0.3) is 0 Å². The van der Waals surface area contributed by atoms with E-state index in [-0.39, 0.29) is 11.7 Å². The minimum Gasteiger partial charge on any atom is -0.467 e. The van der Waals surface area contributed by atoms with Crippen molar-refractivity contribution >= 4 is 5.91 Å². The molecule has 6 nitrogen and oxygen atoms in total. The molecule has 1 aliphatic heterocycles. The first-order valence-electron chi connectivity index (χ1n) is 7.00. The van der Waals surface area contributed by atoms with E-state index in [1.165, 1.54) is 22.9 Å². The maximum atomic E-state index is 12.5. The van der Waals surface area contributed by atoms with Crippen molar-refractivity contribution in [1.29, 1.82) is 0 Å². The van der Waals surface area contributed by atoms with E-state index < -0.39 is 0 Å². The number of hydrogen-bond donors (Lipinski definition) is 0. The summed E-state index contributed by atoms with van der Waals surface area (Å²) in [6.07, 6.45) is 1.73. The number of fused-ring (bicyclic) bond motifs is 1. The summed E-state index contributed by atoms with van der Waals surface area (Å²) in [5.74, 6) is 0.0574. The number of hydrogen-bond acceptors (Lipinski definition) is 4. The summed E-state index contributed by atoms with van der Waals surface area (Å²) >= 11 is 0. The van der Waals surface area contributed by atoms with Gasteiger partial charge in [-0.1, -0.05) is 24.3 Å². The smallest absolute Gasteiger partial charge is 0.314 e. The topological polar surface area (TPSA) is 60.2 Å². The number of aryl methyl sites for hydroxylation is 1. The fourth-order valence-electron chi connectivity index (χ4n) is 2.65. The van der Waals surface area contributed by atoms with Gasteiger partial charge in [0.05, 0.1) is 7.11 Å². The predicted molar refractivity (Wildman–Crippen MR) is 77.3 cm³/mol. The Morgan fingerprint density at radius 3 is 2.33 bits per heavy atom. The molecule has 1 aromatic carbocycles. The molecular weight excluding hydrogens is 268 g/mol. The van der Waals surface area contributed by atoms with E-state index in [0.717, 1.165) is 12.8 Å². The monoisotopic (exact) mass is 286 g/mol. The molecule has 2 aromatic rings. The first-order chi connectivity index (χ1) is 10.2. The molecule has 6 heteroatoms. The summed E-state index contributed by atoms with van der Waals surface area (Å²) in [6, 6.07) is 8.69. The van der Waals surface area contributed by atoms with E-state index in [4.69, 9.17) is 4.74 Å². The summed E-state index contributed by atoms with van der Waals surface area (Å²) in [7, 11) is 3.22. The summed E-state index contributed by atoms with van der Waals surface area (Å²) < 4.78 is 6.53. The molecule has 2 heterocycles. The summed E-state index contributed by atoms with van der Waals surface area (Å²) in [5.41, 5.74) is 2.64. The first-order valence-corrected chi connectivity index (χ1v) is 7.00. The number of methoxy groups -OCH3 is 1. The average Bonchev–Trinajstić information content (AvgIpc) is 2.75. The molecule has 1 aliphatic rings. The van der Waals surface area contributed by atoms with Crippen LogP contribution in [-0.4, -0.2) is 45.8 Å². The lowest BCUT2D eigenvalue weighted by Gasteiger charge is -2.18. The average molecular weight is 286 g/mol. The summed E-state index contributed by atoms with van der Waals surface area (Å²) in [6.45, 7) is 1.38. The minimum absolute atomic E-state index is 0.137. The van der Waals surface area contributed by atoms with Gasteiger partial charge in [0.25, 0.3) is 5.91 Å². The van der Waals surface area contributed by atoms with Crippen molar-refractivity contribution in [3.05, 3.63) is 41.2 Å². The minimum atomic E-state index is -0.137. The Morgan fingerprint density at radius 1 is 1.19 bits per heavy atom. The lowest BCUT2D eigenvalue weighted by atomic mass is 10.0. The van der Waals surface area contributed by atoms with Gasteiger partial charge >= 0.3 is 6.01 Å². The van der Waals surface area contributed by atoms with E-state index in [9.17, 15) is 4.79 Å². The molecule has 1 amide bonds. The third kappa shape index (κ3) is 2.61. The molecule has 0 fully saturated rings. The van der Waals surface area contributed by atoms with Crippen molar-refractivity contribution in [3.8, 4) is 6.01 Å². The molecule has 0 spiro atoms. The molecule has 0 aliphatic carbocycles. The Balaban J connectivity index is 1.77. The van der Waals surface area contributed by atoms with Crippen LogP contribution in [0.5, 0.6) is 6.01 Å². The Morgan fingerprint density at radius 2 is 1.81 bits per heavy atom. The zero-order valence-corrected chi connectivity index (χ0v) is 12.2. The van der Waals surface area contributed by atoms with Crippen LogP contribution in [0.3, 0.4) is 0 Å². The quantitative estimate of drug-likeness (QED) is 0.828. The highest BCUT2D eigenvalue weighted by Crippen LogP contribution is 2.17. The molecule has 0 saturated carbocycles. The number of carbonyl (C=O) groups is 1. The summed E-state index contributed by atoms with van der Waals surface area (Å²) in [4.78, 5) is 18.5. The van der Waals surface area contributed by atoms with Crippen LogP contribution in [0, 0.1) is 0 Å². The second-order valence-electron chi connectivity index (χ2n) is 5.11. The molecule has 0 N–H and O–H groups in total. The third-order valence-electron chi connectivity index (χ3n) is 3.80. The van der Waals surface area contributed by atoms with Gasteiger partial charge in [-0.05, 0) is 24.0 Å². The van der Waals surface area contributed by atoms with Crippen LogP contribution in [0.15, 0.2) is 24.3 Å². The molecule has 1 aromatic heterocycles. The molecule has 110 valence electrons. The SMILES string of the molecule is COc1nc(C(=O)N2CCc3ccccc3CC2)nn1C. The van der Waals surface area contributed by atoms with E-state index in [2.05, 4.69) is 22.2 Å². The highest BCUT2D eigenvalue weighted by molar-refractivity contribution is 5.90. The number of benzene rings is 1. The van der Waals surface area contributed by atoms with E-state index in [0.29, 0.717) is 19.1 Å². The van der Waals surface area contributed by atoms with Crippen molar-refractivity contribution < 1.29 is 9.53 Å². The van der Waals surface area contributed by atoms with Gasteiger partial charge in [0.2, 0.25) is 5.82 Å². The third-order valence-corrected chi connectivity index (χ3v) is 3.80. The van der Waals surface area contributed by atoms with Gasteiger partial charge in [-0.15, -0.1) is 5.10 Å². The molecule has 0 saturated heterocycles. The second-order valence-corrected chi connectivity index (χ2v) is 5.11. The van der Waals surface area contributed by atoms with Gasteiger partial charge in [0.1, 0.15) is 0 Å². The fourth-order valence-corrected chi connectivity index (χ4v) is 2.65. The molecule has 0 unspecified atom stereocenters. The largest absolute Gasteiger partial charge is 0.467 e. The van der Waals surface area contributed by atoms with Crippen molar-refractivity contribution in [2.24, 2.45) is 7.05 Å². The normalized spacial score (nSPS) is 14.5. The van der Waals surface area contributed by atoms with Crippen molar-refractivity contribution in [1.82, 2.24) is 19.7 Å². The van der Waals surface area contributed by atoms with Gasteiger partial charge < -0.3 is 9.64 Å². The highest BCUT2D eigenvalue weighted by atomic mass is 16.5. The number of nitrogens with zero attached hydrogens (tertiary/aromatic N) is 4. The number of aromatic nitrogens is 3. The summed E-state index contributed by atoms with van der Waals surface area (Å²) in [5, 5.41) is 4.13. The van der Waals surface area contributed by atoms with Crippen LogP contribution < -0.4 is 4.74 Å². The van der Waals surface area contributed by atoms with E-state index in [1.807, 2.05) is 17.0 Å². The maximum absolute atomic E-state index is 12.5. The van der Waals surface area contributed by atoms with Crippen LogP contribution in [0.2, 0.25) is 0 Å². The Hall–Kier alpha value is -2.37. The number of amides is 1. The molecule has 0 bridgehead atoms. The molecular formula is C15H18N4O2. The van der Waals surface area contributed by atoms with Gasteiger partial charge in [-0.3, -0.25) is 4.79 Å². The van der Waals surface area contributed by atoms with Gasteiger partial charge in [-0.25, -0.2) is 4.68 Å². The standard InChI is InChI=1S/C15H18N4O2/c1-18-15(21-2)16-13(17-18)14(20)19-9-7-11-5-3-4-6-12(11)8-10-19/h3-6H,7-10H2,1-2H3. The zero-order chi connectivity index (χ0) is 14.8. The fraction of sp³-hybridized carbons (Fsp3) is 0.400. The first kappa shape index (κ1) is 13.6. The van der Waals surface area contributed by atoms with Crippen molar-refractivity contribution in [2.45, 2.75) is 12.8 Å². The van der Waals surface area contributed by atoms with Crippen LogP contribution in [0.4, 0.5) is 0 Å². The lowest BCUT2D eigenvalue weighted by molar-refractivity contribution is 0.0750. The van der Waals surface area contributed by atoms with Gasteiger partial charge in [-0.2, -0.15) is 4.98 Å². The molecule has 0 atom stereocenters. The van der Waals surface area contributed by atoms with Gasteiger partial charge in [0.15, 0.2) is 0 Å². The Kier molecular flexibility index (Phi) is 3.60. The van der Waals surface area contributed by atoms with Gasteiger partial charge in [0, 0.05) is 20.1 Å². The number of ether oxygens (including phenoxy) is 1. The number of carbonyl (C=O) groups excluding carboxylic acids is 1. The number of rotatable bonds is 2. The highest BCUT2D eigenvalue weighted by Gasteiger charge is 2.23. The Labute approximate surface area is 123 Å². The predicted octanol–water partition coefficient (Wildman–Crippen LogP) is 1.06. The van der Waals surface area contributed by atoms with Crippen molar-refractivity contribution in [3.63, 3.8) is 0 Å². The van der Waals surface area contributed by atoms with Crippen LogP contribution in [0.1, 0.15) is 21.7 Å². The van der Waals surface area contributed by atoms with E-state index >= 15 is 0 Å². The van der Waals surface area contributed by atoms with E-state index in [1.54, 1.807) is 7.05 Å². The molecule has 3 rings (SSSR count). The molecule has 0 radical (unpaired) electrons. The van der Waals surface area contributed by atoms with Crippen LogP contribution in [-0.2, 0) is 19.9 Å².